The highest BCUT2D eigenvalue weighted by atomic mass is 16.3. The van der Waals surface area contributed by atoms with Crippen molar-refractivity contribution in [3.05, 3.63) is 0 Å². The summed E-state index contributed by atoms with van der Waals surface area (Å²) >= 11 is 0. The lowest BCUT2D eigenvalue weighted by molar-refractivity contribution is -0.220. The van der Waals surface area contributed by atoms with Crippen LogP contribution in [0.25, 0.3) is 0 Å². The monoisotopic (exact) mass is 168 g/mol. The van der Waals surface area contributed by atoms with Gasteiger partial charge in [0.1, 0.15) is 0 Å². The maximum absolute atomic E-state index is 10.3. The molecule has 0 amide bonds. The first kappa shape index (κ1) is 8.55. The van der Waals surface area contributed by atoms with E-state index in [-0.39, 0.29) is 0 Å². The average Bonchev–Trinajstić information content (AvgIpc) is 1.93. The molecule has 0 saturated heterocycles. The fourth-order valence-corrected chi connectivity index (χ4v) is 3.42. The van der Waals surface area contributed by atoms with Crippen LogP contribution in [0.15, 0.2) is 0 Å². The third kappa shape index (κ3) is 0.783. The quantitative estimate of drug-likeness (QED) is 0.589. The summed E-state index contributed by atoms with van der Waals surface area (Å²) in [7, 11) is 0. The lowest BCUT2D eigenvalue weighted by Crippen LogP contribution is -2.63. The van der Waals surface area contributed by atoms with Gasteiger partial charge < -0.3 is 5.11 Å². The second-order valence-corrected chi connectivity index (χ2v) is 5.67. The van der Waals surface area contributed by atoms with E-state index in [1.54, 1.807) is 0 Å². The molecule has 0 aromatic carbocycles. The Kier molecular flexibility index (Phi) is 1.47. The van der Waals surface area contributed by atoms with E-state index in [0.717, 1.165) is 5.92 Å². The van der Waals surface area contributed by atoms with Crippen molar-refractivity contribution in [2.75, 3.05) is 0 Å². The second kappa shape index (κ2) is 2.06. The predicted octanol–water partition coefficient (Wildman–Crippen LogP) is 2.44. The Morgan fingerprint density at radius 1 is 1.17 bits per heavy atom. The molecule has 3 aliphatic rings. The standard InChI is InChI=1S/C11H20O/c1-7-5-8-6-9(10(8,2)3)11(7,4)12/h7-9,12H,5-6H2,1-4H3/t7-,8+,9-,11-/m1/s1. The van der Waals surface area contributed by atoms with Gasteiger partial charge in [-0.3, -0.25) is 0 Å². The fourth-order valence-electron chi connectivity index (χ4n) is 3.42. The van der Waals surface area contributed by atoms with E-state index in [2.05, 4.69) is 20.8 Å². The van der Waals surface area contributed by atoms with Gasteiger partial charge >= 0.3 is 0 Å². The molecule has 1 nitrogen and oxygen atoms in total. The molecule has 0 aliphatic heterocycles. The van der Waals surface area contributed by atoms with Gasteiger partial charge in [-0.25, -0.2) is 0 Å². The van der Waals surface area contributed by atoms with Crippen molar-refractivity contribution in [1.82, 2.24) is 0 Å². The molecule has 3 aliphatic carbocycles. The Morgan fingerprint density at radius 3 is 2.08 bits per heavy atom. The Labute approximate surface area is 75.2 Å². The Hall–Kier alpha value is -0.0400. The summed E-state index contributed by atoms with van der Waals surface area (Å²) in [5, 5.41) is 10.3. The summed E-state index contributed by atoms with van der Waals surface area (Å²) in [6.45, 7) is 8.84. The summed E-state index contributed by atoms with van der Waals surface area (Å²) < 4.78 is 0. The zero-order valence-corrected chi connectivity index (χ0v) is 8.59. The van der Waals surface area contributed by atoms with Crippen LogP contribution in [0.4, 0.5) is 0 Å². The molecular formula is C11H20O. The van der Waals surface area contributed by atoms with Crippen molar-refractivity contribution < 1.29 is 5.11 Å². The SMILES string of the molecule is C[C@@H]1C[C@H]2C[C@H](C2(C)C)[C@]1(C)O. The first-order valence-electron chi connectivity index (χ1n) is 5.09. The number of hydrogen-bond acceptors (Lipinski definition) is 1. The zero-order chi connectivity index (χ0) is 9.15. The van der Waals surface area contributed by atoms with Crippen LogP contribution in [0.2, 0.25) is 0 Å². The maximum Gasteiger partial charge on any atom is 0.0678 e. The van der Waals surface area contributed by atoms with Crippen LogP contribution in [-0.2, 0) is 0 Å². The molecule has 3 fully saturated rings. The summed E-state index contributed by atoms with van der Waals surface area (Å²) in [5.74, 6) is 1.91. The third-order valence-corrected chi connectivity index (χ3v) is 4.81. The topological polar surface area (TPSA) is 20.2 Å². The highest BCUT2D eigenvalue weighted by Crippen LogP contribution is 2.64. The van der Waals surface area contributed by atoms with Gasteiger partial charge in [-0.15, -0.1) is 0 Å². The third-order valence-electron chi connectivity index (χ3n) is 4.81. The molecule has 1 heteroatoms. The van der Waals surface area contributed by atoms with Gasteiger partial charge in [0.05, 0.1) is 5.60 Å². The van der Waals surface area contributed by atoms with Gasteiger partial charge in [0.2, 0.25) is 0 Å². The predicted molar refractivity (Wildman–Crippen MR) is 49.8 cm³/mol. The van der Waals surface area contributed by atoms with Crippen molar-refractivity contribution in [2.45, 2.75) is 46.1 Å². The van der Waals surface area contributed by atoms with Crippen molar-refractivity contribution in [3.8, 4) is 0 Å². The largest absolute Gasteiger partial charge is 0.390 e. The van der Waals surface area contributed by atoms with Gasteiger partial charge in [0.15, 0.2) is 0 Å². The molecule has 2 bridgehead atoms. The highest BCUT2D eigenvalue weighted by Gasteiger charge is 2.61. The lowest BCUT2D eigenvalue weighted by atomic mass is 9.42. The normalized spacial score (nSPS) is 56.2. The lowest BCUT2D eigenvalue weighted by Gasteiger charge is -2.65. The van der Waals surface area contributed by atoms with Gasteiger partial charge in [0, 0.05) is 0 Å². The minimum absolute atomic E-state index is 0.399. The minimum Gasteiger partial charge on any atom is -0.390 e. The molecule has 3 saturated carbocycles. The van der Waals surface area contributed by atoms with Gasteiger partial charge in [0.25, 0.3) is 0 Å². The Balaban J connectivity index is 2.27. The number of aliphatic hydroxyl groups is 1. The first-order valence-corrected chi connectivity index (χ1v) is 5.09. The molecule has 0 aromatic rings. The zero-order valence-electron chi connectivity index (χ0n) is 8.59. The van der Waals surface area contributed by atoms with E-state index < -0.39 is 5.60 Å². The van der Waals surface area contributed by atoms with Gasteiger partial charge in [-0.05, 0) is 42.9 Å². The second-order valence-electron chi connectivity index (χ2n) is 5.67. The van der Waals surface area contributed by atoms with Crippen molar-refractivity contribution in [3.63, 3.8) is 0 Å². The summed E-state index contributed by atoms with van der Waals surface area (Å²) in [6, 6.07) is 0. The highest BCUT2D eigenvalue weighted by molar-refractivity contribution is 5.10. The number of rotatable bonds is 0. The van der Waals surface area contributed by atoms with Crippen LogP contribution < -0.4 is 0 Å². The fraction of sp³-hybridized carbons (Fsp3) is 1.00. The van der Waals surface area contributed by atoms with E-state index >= 15 is 0 Å². The molecule has 3 rings (SSSR count). The van der Waals surface area contributed by atoms with Crippen molar-refractivity contribution in [2.24, 2.45) is 23.2 Å². The first-order chi connectivity index (χ1) is 5.37. The summed E-state index contributed by atoms with van der Waals surface area (Å²) in [5.41, 5.74) is -0.00569. The van der Waals surface area contributed by atoms with Crippen LogP contribution in [0.5, 0.6) is 0 Å². The Morgan fingerprint density at radius 2 is 1.75 bits per heavy atom. The van der Waals surface area contributed by atoms with Gasteiger partial charge in [-0.2, -0.15) is 0 Å². The molecular weight excluding hydrogens is 148 g/mol. The van der Waals surface area contributed by atoms with E-state index in [9.17, 15) is 5.11 Å². The number of hydrogen-bond donors (Lipinski definition) is 1. The molecule has 0 heterocycles. The molecule has 4 atom stereocenters. The van der Waals surface area contributed by atoms with Crippen LogP contribution in [0, 0.1) is 23.2 Å². The van der Waals surface area contributed by atoms with Crippen LogP contribution >= 0.6 is 0 Å². The van der Waals surface area contributed by atoms with E-state index in [4.69, 9.17) is 0 Å². The number of fused-ring (bicyclic) bond motifs is 2. The van der Waals surface area contributed by atoms with Crippen molar-refractivity contribution >= 4 is 0 Å². The molecule has 12 heavy (non-hydrogen) atoms. The molecule has 0 radical (unpaired) electrons. The molecule has 0 aromatic heterocycles. The maximum atomic E-state index is 10.3. The molecule has 0 unspecified atom stereocenters. The van der Waals surface area contributed by atoms with Gasteiger partial charge in [-0.1, -0.05) is 20.8 Å². The van der Waals surface area contributed by atoms with Crippen LogP contribution in [0.1, 0.15) is 40.5 Å². The van der Waals surface area contributed by atoms with E-state index in [0.29, 0.717) is 17.3 Å². The van der Waals surface area contributed by atoms with E-state index in [1.165, 1.54) is 12.8 Å². The average molecular weight is 168 g/mol. The van der Waals surface area contributed by atoms with Crippen molar-refractivity contribution in [1.29, 1.82) is 0 Å². The summed E-state index contributed by atoms with van der Waals surface area (Å²) in [6.07, 6.45) is 2.47. The molecule has 1 N–H and O–H groups in total. The van der Waals surface area contributed by atoms with Crippen LogP contribution in [0.3, 0.4) is 0 Å². The smallest absolute Gasteiger partial charge is 0.0678 e. The molecule has 0 spiro atoms. The van der Waals surface area contributed by atoms with E-state index in [1.807, 2.05) is 6.92 Å². The summed E-state index contributed by atoms with van der Waals surface area (Å²) in [4.78, 5) is 0. The molecule has 70 valence electrons. The minimum atomic E-state index is -0.405. The van der Waals surface area contributed by atoms with Crippen LogP contribution in [-0.4, -0.2) is 10.7 Å². The Bertz CT molecular complexity index is 205.